The summed E-state index contributed by atoms with van der Waals surface area (Å²) in [5, 5.41) is 3.18. The van der Waals surface area contributed by atoms with Gasteiger partial charge in [-0.1, -0.05) is 23.7 Å². The van der Waals surface area contributed by atoms with Crippen LogP contribution >= 0.6 is 11.6 Å². The first-order valence-electron chi connectivity index (χ1n) is 4.97. The highest BCUT2D eigenvalue weighted by molar-refractivity contribution is 6.30. The molecule has 2 rings (SSSR count). The Morgan fingerprint density at radius 2 is 2.00 bits per heavy atom. The maximum atomic E-state index is 11.8. The molecule has 84 valence electrons. The summed E-state index contributed by atoms with van der Waals surface area (Å²) in [5.41, 5.74) is 6.37. The predicted octanol–water partition coefficient (Wildman–Crippen LogP) is 1.26. The van der Waals surface area contributed by atoms with Gasteiger partial charge in [-0.2, -0.15) is 0 Å². The number of nitrogens with zero attached hydrogens (tertiary/aromatic N) is 1. The van der Waals surface area contributed by atoms with E-state index in [1.807, 2.05) is 19.1 Å². The number of guanidine groups is 1. The molecular formula is C11H12ClN3O. The maximum absolute atomic E-state index is 11.8. The van der Waals surface area contributed by atoms with E-state index >= 15 is 0 Å². The van der Waals surface area contributed by atoms with E-state index in [1.54, 1.807) is 12.1 Å². The van der Waals surface area contributed by atoms with Gasteiger partial charge in [0, 0.05) is 5.02 Å². The first kappa shape index (κ1) is 11.0. The van der Waals surface area contributed by atoms with Gasteiger partial charge in [0.1, 0.15) is 0 Å². The predicted molar refractivity (Wildman–Crippen MR) is 63.4 cm³/mol. The number of carbonyl (C=O) groups is 1. The monoisotopic (exact) mass is 237 g/mol. The number of hydrogen-bond acceptors (Lipinski definition) is 3. The van der Waals surface area contributed by atoms with Gasteiger partial charge in [-0.15, -0.1) is 0 Å². The molecule has 0 aliphatic carbocycles. The van der Waals surface area contributed by atoms with Crippen LogP contribution in [0.15, 0.2) is 29.3 Å². The van der Waals surface area contributed by atoms with Gasteiger partial charge in [-0.25, -0.2) is 4.99 Å². The van der Waals surface area contributed by atoms with Crippen LogP contribution in [-0.2, 0) is 4.79 Å². The van der Waals surface area contributed by atoms with Crippen molar-refractivity contribution >= 4 is 23.5 Å². The fourth-order valence-electron chi connectivity index (χ4n) is 1.85. The van der Waals surface area contributed by atoms with Crippen molar-refractivity contribution in [2.45, 2.75) is 18.9 Å². The lowest BCUT2D eigenvalue weighted by molar-refractivity contribution is -0.121. The number of rotatable bonds is 1. The van der Waals surface area contributed by atoms with Crippen molar-refractivity contribution in [2.75, 3.05) is 0 Å². The molecule has 0 aromatic heterocycles. The fourth-order valence-corrected chi connectivity index (χ4v) is 1.98. The number of benzene rings is 1. The minimum Gasteiger partial charge on any atom is -0.370 e. The van der Waals surface area contributed by atoms with Crippen LogP contribution in [0.25, 0.3) is 0 Å². The summed E-state index contributed by atoms with van der Waals surface area (Å²) < 4.78 is 0. The zero-order valence-corrected chi connectivity index (χ0v) is 9.53. The molecule has 2 atom stereocenters. The van der Waals surface area contributed by atoms with Crippen LogP contribution < -0.4 is 11.1 Å². The number of amides is 1. The van der Waals surface area contributed by atoms with Gasteiger partial charge >= 0.3 is 0 Å². The second kappa shape index (κ2) is 4.14. The highest BCUT2D eigenvalue weighted by Gasteiger charge is 2.30. The van der Waals surface area contributed by atoms with Gasteiger partial charge < -0.3 is 5.73 Å². The van der Waals surface area contributed by atoms with Crippen LogP contribution in [0.2, 0.25) is 5.02 Å². The van der Waals surface area contributed by atoms with Gasteiger partial charge in [0.05, 0.1) is 12.0 Å². The zero-order chi connectivity index (χ0) is 11.7. The molecule has 0 radical (unpaired) electrons. The maximum Gasteiger partial charge on any atom is 0.236 e. The summed E-state index contributed by atoms with van der Waals surface area (Å²) in [4.78, 5) is 15.9. The third kappa shape index (κ3) is 2.02. The Hall–Kier alpha value is -1.55. The van der Waals surface area contributed by atoms with Gasteiger partial charge in [0.25, 0.3) is 0 Å². The molecular weight excluding hydrogens is 226 g/mol. The summed E-state index contributed by atoms with van der Waals surface area (Å²) in [5.74, 6) is -0.241. The average Bonchev–Trinajstić information content (AvgIpc) is 2.19. The van der Waals surface area contributed by atoms with Crippen molar-refractivity contribution in [2.24, 2.45) is 10.7 Å². The number of nitrogens with two attached hydrogens (primary N) is 1. The number of carbonyl (C=O) groups excluding carboxylic acids is 1. The first-order chi connectivity index (χ1) is 7.58. The quantitative estimate of drug-likeness (QED) is 0.772. The third-order valence-electron chi connectivity index (χ3n) is 2.59. The second-order valence-electron chi connectivity index (χ2n) is 3.77. The molecule has 0 unspecified atom stereocenters. The largest absolute Gasteiger partial charge is 0.370 e. The van der Waals surface area contributed by atoms with Crippen molar-refractivity contribution < 1.29 is 4.79 Å². The minimum atomic E-state index is -0.301. The van der Waals surface area contributed by atoms with Crippen molar-refractivity contribution in [3.63, 3.8) is 0 Å². The molecule has 1 amide bonds. The summed E-state index contributed by atoms with van der Waals surface area (Å²) in [6, 6.07) is 7.03. The molecule has 0 saturated carbocycles. The Labute approximate surface area is 98.5 Å². The van der Waals surface area contributed by atoms with Crippen molar-refractivity contribution in [3.8, 4) is 0 Å². The fraction of sp³-hybridized carbons (Fsp3) is 0.273. The molecule has 0 saturated heterocycles. The van der Waals surface area contributed by atoms with Crippen LogP contribution in [0.1, 0.15) is 18.4 Å². The number of nitrogens with one attached hydrogen (secondary N) is 1. The van der Waals surface area contributed by atoms with Crippen LogP contribution in [0.4, 0.5) is 0 Å². The van der Waals surface area contributed by atoms with Crippen LogP contribution in [0.3, 0.4) is 0 Å². The van der Waals surface area contributed by atoms with E-state index in [2.05, 4.69) is 10.3 Å². The number of aliphatic imine (C=N–C) groups is 1. The average molecular weight is 238 g/mol. The smallest absolute Gasteiger partial charge is 0.236 e. The minimum absolute atomic E-state index is 0.123. The molecule has 1 aromatic rings. The summed E-state index contributed by atoms with van der Waals surface area (Å²) in [7, 11) is 0. The molecule has 1 aromatic carbocycles. The molecule has 16 heavy (non-hydrogen) atoms. The van der Waals surface area contributed by atoms with E-state index in [0.717, 1.165) is 5.56 Å². The lowest BCUT2D eigenvalue weighted by atomic mass is 9.91. The van der Waals surface area contributed by atoms with Crippen LogP contribution in [0.5, 0.6) is 0 Å². The third-order valence-corrected chi connectivity index (χ3v) is 2.84. The van der Waals surface area contributed by atoms with E-state index in [0.29, 0.717) is 5.02 Å². The van der Waals surface area contributed by atoms with E-state index in [9.17, 15) is 4.79 Å². The van der Waals surface area contributed by atoms with E-state index < -0.39 is 0 Å². The van der Waals surface area contributed by atoms with Gasteiger partial charge in [0.2, 0.25) is 5.91 Å². The summed E-state index contributed by atoms with van der Waals surface area (Å²) in [6.45, 7) is 1.87. The van der Waals surface area contributed by atoms with E-state index in [4.69, 9.17) is 17.3 Å². The first-order valence-corrected chi connectivity index (χ1v) is 5.35. The van der Waals surface area contributed by atoms with Crippen molar-refractivity contribution in [1.29, 1.82) is 0 Å². The Balaban J connectivity index is 2.33. The number of hydrogen-bond donors (Lipinski definition) is 2. The molecule has 0 fully saturated rings. The lowest BCUT2D eigenvalue weighted by Gasteiger charge is -2.25. The highest BCUT2D eigenvalue weighted by Crippen LogP contribution is 2.25. The Kier molecular flexibility index (Phi) is 2.83. The number of halogens is 1. The molecule has 0 spiro atoms. The standard InChI is InChI=1S/C11H12ClN3O/c1-6-9(10(16)15-11(13)14-6)7-2-4-8(12)5-3-7/h2-6,9H,1H3,(H3,13,14,15,16)/t6-,9-/m1/s1. The van der Waals surface area contributed by atoms with Gasteiger partial charge in [-0.3, -0.25) is 10.1 Å². The molecule has 4 nitrogen and oxygen atoms in total. The van der Waals surface area contributed by atoms with E-state index in [-0.39, 0.29) is 23.8 Å². The van der Waals surface area contributed by atoms with Gasteiger partial charge in [0.15, 0.2) is 5.96 Å². The molecule has 5 heteroatoms. The zero-order valence-electron chi connectivity index (χ0n) is 8.77. The van der Waals surface area contributed by atoms with Crippen LogP contribution in [-0.4, -0.2) is 17.9 Å². The van der Waals surface area contributed by atoms with Gasteiger partial charge in [-0.05, 0) is 24.6 Å². The normalized spacial score (nSPS) is 24.9. The Bertz CT molecular complexity index is 441. The molecule has 3 N–H and O–H groups in total. The van der Waals surface area contributed by atoms with Crippen molar-refractivity contribution in [1.82, 2.24) is 5.32 Å². The molecule has 1 aliphatic heterocycles. The summed E-state index contributed by atoms with van der Waals surface area (Å²) >= 11 is 5.80. The molecule has 1 heterocycles. The van der Waals surface area contributed by atoms with Crippen LogP contribution in [0, 0.1) is 0 Å². The summed E-state index contributed by atoms with van der Waals surface area (Å²) in [6.07, 6.45) is 0. The molecule has 0 bridgehead atoms. The topological polar surface area (TPSA) is 67.5 Å². The lowest BCUT2D eigenvalue weighted by Crippen LogP contribution is -2.47. The Morgan fingerprint density at radius 1 is 1.38 bits per heavy atom. The van der Waals surface area contributed by atoms with E-state index in [1.165, 1.54) is 0 Å². The highest BCUT2D eigenvalue weighted by atomic mass is 35.5. The molecule has 1 aliphatic rings. The van der Waals surface area contributed by atoms with Crippen molar-refractivity contribution in [3.05, 3.63) is 34.9 Å². The SMILES string of the molecule is C[C@H]1N=C(N)NC(=O)[C@H]1c1ccc(Cl)cc1. The second-order valence-corrected chi connectivity index (χ2v) is 4.21. The Morgan fingerprint density at radius 3 is 2.56 bits per heavy atom.